The molecule has 0 spiro atoms. The first-order valence-corrected chi connectivity index (χ1v) is 12.8. The van der Waals surface area contributed by atoms with E-state index < -0.39 is 66.5 Å². The van der Waals surface area contributed by atoms with Gasteiger partial charge in [0.25, 0.3) is 11.4 Å². The van der Waals surface area contributed by atoms with Gasteiger partial charge in [0.2, 0.25) is 0 Å². The number of carbonyl (C=O) groups excluding carboxylic acids is 1. The zero-order valence-corrected chi connectivity index (χ0v) is 21.2. The molecule has 0 amide bonds. The van der Waals surface area contributed by atoms with Gasteiger partial charge in [-0.2, -0.15) is 5.09 Å². The van der Waals surface area contributed by atoms with E-state index in [1.165, 1.54) is 19.1 Å². The Morgan fingerprint density at radius 2 is 1.86 bits per heavy atom. The number of benzene rings is 1. The normalized spacial score (nSPS) is 32.9. The number of esters is 1. The molecule has 2 aliphatic rings. The lowest BCUT2D eigenvalue weighted by molar-refractivity contribution is -0.180. The monoisotopic (exact) mass is 543 g/mol. The predicted molar refractivity (Wildman–Crippen MR) is 124 cm³/mol. The summed E-state index contributed by atoms with van der Waals surface area (Å²) in [6.45, 7) is 5.52. The van der Waals surface area contributed by atoms with Gasteiger partial charge in [-0.1, -0.05) is 18.2 Å². The van der Waals surface area contributed by atoms with E-state index in [0.717, 1.165) is 19.2 Å². The van der Waals surface area contributed by atoms with Crippen LogP contribution in [0.5, 0.6) is 5.75 Å². The molecule has 37 heavy (non-hydrogen) atoms. The minimum Gasteiger partial charge on any atom is -0.462 e. The molecule has 1 aromatic carbocycles. The predicted octanol–water partition coefficient (Wildman–Crippen LogP) is 0.729. The quantitative estimate of drug-likeness (QED) is 0.259. The molecule has 0 radical (unpaired) electrons. The van der Waals surface area contributed by atoms with Gasteiger partial charge in [0.05, 0.1) is 6.10 Å². The number of ether oxygens (including phenoxy) is 2. The molecule has 0 bridgehead atoms. The number of hydrogen-bond donors (Lipinski definition) is 4. The molecule has 1 aliphatic heterocycles. The molecule has 2 fully saturated rings. The highest BCUT2D eigenvalue weighted by Gasteiger charge is 2.95. The number of alkyl halides is 1. The van der Waals surface area contributed by atoms with Crippen molar-refractivity contribution < 1.29 is 42.5 Å². The summed E-state index contributed by atoms with van der Waals surface area (Å²) < 4.78 is 51.4. The minimum atomic E-state index is -4.65. The van der Waals surface area contributed by atoms with Crippen LogP contribution in [0.1, 0.15) is 33.9 Å². The summed E-state index contributed by atoms with van der Waals surface area (Å²) in [6, 6.07) is 7.32. The Labute approximate surface area is 209 Å². The smallest absolute Gasteiger partial charge is 0.460 e. The molecule has 1 unspecified atom stereocenters. The Kier molecular flexibility index (Phi) is 6.72. The third-order valence-electron chi connectivity index (χ3n) is 6.06. The molecule has 7 atom stereocenters. The average molecular weight is 543 g/mol. The zero-order valence-electron chi connectivity index (χ0n) is 20.3. The van der Waals surface area contributed by atoms with Crippen LogP contribution in [0.4, 0.5) is 4.39 Å². The molecule has 202 valence electrons. The first-order chi connectivity index (χ1) is 17.1. The molecule has 4 rings (SSSR count). The van der Waals surface area contributed by atoms with Gasteiger partial charge in [-0.15, -0.1) is 0 Å². The van der Waals surface area contributed by atoms with E-state index in [9.17, 15) is 29.2 Å². The van der Waals surface area contributed by atoms with Crippen LogP contribution in [0, 0.1) is 0 Å². The van der Waals surface area contributed by atoms with E-state index in [2.05, 4.69) is 5.09 Å². The summed E-state index contributed by atoms with van der Waals surface area (Å²) in [6.07, 6.45) is -3.38. The summed E-state index contributed by atoms with van der Waals surface area (Å²) in [4.78, 5) is 37.8. The third kappa shape index (κ3) is 4.54. The van der Waals surface area contributed by atoms with E-state index >= 15 is 4.39 Å². The van der Waals surface area contributed by atoms with Crippen LogP contribution in [-0.2, 0) is 23.4 Å². The maximum Gasteiger partial charge on any atom is 0.460 e. The third-order valence-corrected chi connectivity index (χ3v) is 7.71. The molecule has 1 saturated carbocycles. The number of aromatic nitrogens is 2. The highest BCUT2D eigenvalue weighted by atomic mass is 31.2. The fraction of sp³-hybridized carbons (Fsp3) is 0.500. The Morgan fingerprint density at radius 3 is 2.41 bits per heavy atom. The van der Waals surface area contributed by atoms with Crippen molar-refractivity contribution in [3.05, 3.63) is 63.4 Å². The van der Waals surface area contributed by atoms with Crippen molar-refractivity contribution in [2.45, 2.75) is 69.2 Å². The molecule has 2 aromatic rings. The fourth-order valence-electron chi connectivity index (χ4n) is 4.14. The highest BCUT2D eigenvalue weighted by molar-refractivity contribution is 7.52. The van der Waals surface area contributed by atoms with Gasteiger partial charge in [-0.25, -0.2) is 13.8 Å². The van der Waals surface area contributed by atoms with Gasteiger partial charge >= 0.3 is 19.4 Å². The van der Waals surface area contributed by atoms with Gasteiger partial charge in [-0.3, -0.25) is 23.7 Å². The number of nitrogens with one attached hydrogen (secondary N) is 2. The SMILES string of the molecule is CC(C)OC(=O)[C@H](C)N[P@](=O)(Oc1ccccc1)OC1[C@]2(O)[C@@](C)(O)[C@H](n3ccc(=O)[nH]c3=O)O[C@]12F. The number of para-hydroxylation sites is 1. The Morgan fingerprint density at radius 1 is 1.22 bits per heavy atom. The van der Waals surface area contributed by atoms with Gasteiger partial charge in [0.15, 0.2) is 17.9 Å². The number of hydrogen-bond acceptors (Lipinski definition) is 10. The van der Waals surface area contributed by atoms with E-state index in [1.807, 2.05) is 4.98 Å². The van der Waals surface area contributed by atoms with E-state index in [1.54, 1.807) is 32.0 Å². The van der Waals surface area contributed by atoms with Crippen LogP contribution >= 0.6 is 7.75 Å². The number of halogens is 1. The van der Waals surface area contributed by atoms with Crippen LogP contribution in [0.2, 0.25) is 0 Å². The maximum atomic E-state index is 15.9. The Bertz CT molecular complexity index is 1350. The number of carbonyl (C=O) groups is 1. The topological polar surface area (TPSA) is 178 Å². The lowest BCUT2D eigenvalue weighted by Gasteiger charge is -2.33. The van der Waals surface area contributed by atoms with Crippen LogP contribution in [0.3, 0.4) is 0 Å². The standard InChI is InChI=1S/C22H27FN3O10P/c1-12(2)33-16(28)13(3)25-37(32,35-14-8-6-5-7-9-14)36-17-21(31)20(4,30)18(34-22(17,21)23)26-11-10-15(27)24-19(26)29/h5-13,17-18,30-31H,1-4H3,(H,25,32)(H,24,27,29)/t13-,17?,18+,20-,21-,22+,37-/m0/s1. The molecule has 4 N–H and O–H groups in total. The van der Waals surface area contributed by atoms with Crippen molar-refractivity contribution in [1.82, 2.24) is 14.6 Å². The summed E-state index contributed by atoms with van der Waals surface area (Å²) in [7, 11) is -4.65. The second kappa shape index (κ2) is 9.15. The first-order valence-electron chi connectivity index (χ1n) is 11.3. The molecule has 2 heterocycles. The number of rotatable bonds is 9. The van der Waals surface area contributed by atoms with E-state index in [0.29, 0.717) is 4.57 Å². The van der Waals surface area contributed by atoms with Crippen LogP contribution < -0.4 is 20.9 Å². The largest absolute Gasteiger partial charge is 0.462 e. The number of nitrogens with zero attached hydrogens (tertiary/aromatic N) is 1. The summed E-state index contributed by atoms with van der Waals surface area (Å²) in [5.41, 5.74) is -7.11. The van der Waals surface area contributed by atoms with E-state index in [-0.39, 0.29) is 5.75 Å². The first kappa shape index (κ1) is 27.2. The van der Waals surface area contributed by atoms with Crippen LogP contribution in [0.15, 0.2) is 52.2 Å². The van der Waals surface area contributed by atoms with Gasteiger partial charge in [0.1, 0.15) is 17.4 Å². The summed E-state index contributed by atoms with van der Waals surface area (Å²) >= 11 is 0. The molecule has 15 heteroatoms. The van der Waals surface area contributed by atoms with Crippen molar-refractivity contribution in [1.29, 1.82) is 0 Å². The molecule has 1 saturated heterocycles. The Balaban J connectivity index is 1.62. The summed E-state index contributed by atoms with van der Waals surface area (Å²) in [5, 5.41) is 24.6. The summed E-state index contributed by atoms with van der Waals surface area (Å²) in [5.74, 6) is -3.92. The average Bonchev–Trinajstić information content (AvgIpc) is 3.19. The number of aromatic amines is 1. The van der Waals surface area contributed by atoms with Crippen LogP contribution in [0.25, 0.3) is 0 Å². The highest BCUT2D eigenvalue weighted by Crippen LogP contribution is 2.71. The number of H-pyrrole nitrogens is 1. The molecule has 1 aromatic heterocycles. The van der Waals surface area contributed by atoms with E-state index in [4.69, 9.17) is 18.5 Å². The van der Waals surface area contributed by atoms with Gasteiger partial charge < -0.3 is 24.2 Å². The minimum absolute atomic E-state index is 0.0267. The van der Waals surface area contributed by atoms with Crippen molar-refractivity contribution >= 4 is 13.7 Å². The van der Waals surface area contributed by atoms with Crippen LogP contribution in [-0.4, -0.2) is 61.0 Å². The number of aliphatic hydroxyl groups is 2. The lowest BCUT2D eigenvalue weighted by Crippen LogP contribution is -2.51. The second-order valence-corrected chi connectivity index (χ2v) is 10.9. The molecule has 13 nitrogen and oxygen atoms in total. The fourth-order valence-corrected chi connectivity index (χ4v) is 5.84. The zero-order chi connectivity index (χ0) is 27.4. The Hall–Kier alpha value is -2.87. The van der Waals surface area contributed by atoms with Crippen molar-refractivity contribution in [3.63, 3.8) is 0 Å². The van der Waals surface area contributed by atoms with Gasteiger partial charge in [0, 0.05) is 12.3 Å². The molecular weight excluding hydrogens is 516 g/mol. The van der Waals surface area contributed by atoms with Crippen molar-refractivity contribution in [2.75, 3.05) is 0 Å². The number of fused-ring (bicyclic) bond motifs is 1. The lowest BCUT2D eigenvalue weighted by atomic mass is 9.95. The van der Waals surface area contributed by atoms with Crippen molar-refractivity contribution in [3.8, 4) is 5.75 Å². The second-order valence-electron chi connectivity index (χ2n) is 9.27. The maximum absolute atomic E-state index is 15.9. The van der Waals surface area contributed by atoms with Gasteiger partial charge in [-0.05, 0) is 39.8 Å². The molecule has 1 aliphatic carbocycles. The molecular formula is C22H27FN3O10P. The van der Waals surface area contributed by atoms with Crippen molar-refractivity contribution in [2.24, 2.45) is 0 Å².